The van der Waals surface area contributed by atoms with Crippen LogP contribution in [0.3, 0.4) is 0 Å². The van der Waals surface area contributed by atoms with Gasteiger partial charge in [-0.1, -0.05) is 30.0 Å². The van der Waals surface area contributed by atoms with Crippen LogP contribution in [0.25, 0.3) is 0 Å². The monoisotopic (exact) mass is 371 g/mol. The van der Waals surface area contributed by atoms with E-state index >= 15 is 0 Å². The normalized spacial score (nSPS) is 16.8. The number of benzene rings is 2. The molecule has 1 aliphatic rings. The summed E-state index contributed by atoms with van der Waals surface area (Å²) in [5, 5.41) is 10.1. The molecule has 0 radical (unpaired) electrons. The summed E-state index contributed by atoms with van der Waals surface area (Å²) in [7, 11) is 3.84. The summed E-state index contributed by atoms with van der Waals surface area (Å²) in [6.07, 6.45) is 0.453. The van der Waals surface area contributed by atoms with E-state index in [-0.39, 0.29) is 12.5 Å². The lowest BCUT2D eigenvalue weighted by molar-refractivity contribution is -0.108. The summed E-state index contributed by atoms with van der Waals surface area (Å²) in [5.41, 5.74) is 4.22. The third-order valence-corrected chi connectivity index (χ3v) is 6.10. The molecule has 5 heteroatoms. The van der Waals surface area contributed by atoms with Crippen molar-refractivity contribution in [3.63, 3.8) is 0 Å². The molecule has 0 saturated carbocycles. The molecule has 4 nitrogen and oxygen atoms in total. The molecule has 2 atom stereocenters. The van der Waals surface area contributed by atoms with E-state index in [0.717, 1.165) is 44.1 Å². The topological polar surface area (TPSA) is 49.8 Å². The van der Waals surface area contributed by atoms with Crippen molar-refractivity contribution in [1.82, 2.24) is 4.90 Å². The minimum absolute atomic E-state index is 0.229. The number of rotatable bonds is 6. The molecule has 1 heterocycles. The number of carbonyl (C=O) groups is 1. The first-order valence-corrected chi connectivity index (χ1v) is 9.55. The lowest BCUT2D eigenvalue weighted by Crippen LogP contribution is -2.30. The summed E-state index contributed by atoms with van der Waals surface area (Å²) in [6, 6.07) is 10.0. The molecule has 138 valence electrons. The fourth-order valence-corrected chi connectivity index (χ4v) is 4.61. The number of aliphatic hydroxyl groups excluding tert-OH is 1. The van der Waals surface area contributed by atoms with Gasteiger partial charge in [0.25, 0.3) is 0 Å². The van der Waals surface area contributed by atoms with Crippen LogP contribution < -0.4 is 4.74 Å². The minimum Gasteiger partial charge on any atom is -0.491 e. The van der Waals surface area contributed by atoms with E-state index in [0.29, 0.717) is 6.54 Å². The third kappa shape index (κ3) is 3.65. The number of hydrogen-bond donors (Lipinski definition) is 1. The van der Waals surface area contributed by atoms with Gasteiger partial charge >= 0.3 is 0 Å². The van der Waals surface area contributed by atoms with Crippen LogP contribution >= 0.6 is 11.8 Å². The molecule has 1 aliphatic heterocycles. The number of aliphatic hydroxyl groups is 1. The van der Waals surface area contributed by atoms with Crippen molar-refractivity contribution >= 4 is 18.0 Å². The molecule has 0 aliphatic carbocycles. The molecule has 0 amide bonds. The number of ether oxygens (including phenoxy) is 1. The van der Waals surface area contributed by atoms with Gasteiger partial charge in [0, 0.05) is 16.3 Å². The number of fused-ring (bicyclic) bond motifs is 2. The SMILES string of the molecule is Cc1c(OCC(O)CN(C)C)cc2c(c1C)Sc1ccccc1C2C=O. The summed E-state index contributed by atoms with van der Waals surface area (Å²) >= 11 is 1.71. The van der Waals surface area contributed by atoms with Gasteiger partial charge in [-0.3, -0.25) is 0 Å². The molecular formula is C21H25NO3S. The standard InChI is InChI=1S/C21H25NO3S/c1-13-14(2)21-17(9-19(13)25-12-15(24)10-22(3)4)18(11-23)16-7-5-6-8-20(16)26-21/h5-9,11,15,18,24H,10,12H2,1-4H3. The summed E-state index contributed by atoms with van der Waals surface area (Å²) < 4.78 is 5.93. The molecule has 26 heavy (non-hydrogen) atoms. The zero-order chi connectivity index (χ0) is 18.8. The first kappa shape index (κ1) is 19.0. The van der Waals surface area contributed by atoms with E-state index in [4.69, 9.17) is 4.74 Å². The Kier molecular flexibility index (Phi) is 5.70. The maximum absolute atomic E-state index is 11.9. The van der Waals surface area contributed by atoms with Crippen molar-refractivity contribution in [2.24, 2.45) is 0 Å². The van der Waals surface area contributed by atoms with Gasteiger partial charge < -0.3 is 19.5 Å². The minimum atomic E-state index is -0.558. The van der Waals surface area contributed by atoms with Crippen molar-refractivity contribution < 1.29 is 14.6 Å². The number of likely N-dealkylation sites (N-methyl/N-ethyl adjacent to an activating group) is 1. The van der Waals surface area contributed by atoms with Crippen molar-refractivity contribution in [2.45, 2.75) is 35.7 Å². The van der Waals surface area contributed by atoms with Crippen LogP contribution in [0.1, 0.15) is 28.2 Å². The Hall–Kier alpha value is -1.82. The van der Waals surface area contributed by atoms with Crippen molar-refractivity contribution in [3.8, 4) is 5.75 Å². The van der Waals surface area contributed by atoms with Crippen LogP contribution in [0.15, 0.2) is 40.1 Å². The van der Waals surface area contributed by atoms with Gasteiger partial charge in [0.2, 0.25) is 0 Å². The summed E-state index contributed by atoms with van der Waals surface area (Å²) in [4.78, 5) is 16.1. The van der Waals surface area contributed by atoms with Gasteiger partial charge in [0.15, 0.2) is 0 Å². The largest absolute Gasteiger partial charge is 0.491 e. The Bertz CT molecular complexity index is 819. The van der Waals surface area contributed by atoms with Crippen LogP contribution in [-0.2, 0) is 4.79 Å². The zero-order valence-electron chi connectivity index (χ0n) is 15.7. The van der Waals surface area contributed by atoms with E-state index in [1.54, 1.807) is 11.8 Å². The van der Waals surface area contributed by atoms with Crippen molar-refractivity contribution in [2.75, 3.05) is 27.2 Å². The number of carbonyl (C=O) groups excluding carboxylic acids is 1. The maximum Gasteiger partial charge on any atom is 0.131 e. The molecule has 0 spiro atoms. The van der Waals surface area contributed by atoms with E-state index in [9.17, 15) is 9.90 Å². The van der Waals surface area contributed by atoms with Gasteiger partial charge in [0.1, 0.15) is 24.7 Å². The van der Waals surface area contributed by atoms with Crippen LogP contribution in [0.5, 0.6) is 5.75 Å². The Balaban J connectivity index is 1.94. The fraction of sp³-hybridized carbons (Fsp3) is 0.381. The number of hydrogen-bond acceptors (Lipinski definition) is 5. The highest BCUT2D eigenvalue weighted by Gasteiger charge is 2.28. The number of nitrogens with zero attached hydrogens (tertiary/aromatic N) is 1. The van der Waals surface area contributed by atoms with Crippen LogP contribution in [0.4, 0.5) is 0 Å². The maximum atomic E-state index is 11.9. The van der Waals surface area contributed by atoms with Crippen LogP contribution in [-0.4, -0.2) is 49.6 Å². The highest BCUT2D eigenvalue weighted by Crippen LogP contribution is 2.48. The number of aldehydes is 1. The molecule has 0 bridgehead atoms. The molecule has 0 fully saturated rings. The Morgan fingerprint density at radius 2 is 1.96 bits per heavy atom. The Morgan fingerprint density at radius 3 is 2.65 bits per heavy atom. The van der Waals surface area contributed by atoms with Crippen LogP contribution in [0, 0.1) is 13.8 Å². The van der Waals surface area contributed by atoms with E-state index < -0.39 is 6.10 Å². The highest BCUT2D eigenvalue weighted by molar-refractivity contribution is 7.99. The highest BCUT2D eigenvalue weighted by atomic mass is 32.2. The lowest BCUT2D eigenvalue weighted by Gasteiger charge is -2.28. The Morgan fingerprint density at radius 1 is 1.23 bits per heavy atom. The van der Waals surface area contributed by atoms with Gasteiger partial charge in [-0.2, -0.15) is 0 Å². The predicted octanol–water partition coefficient (Wildman–Crippen LogP) is 3.40. The molecule has 2 unspecified atom stereocenters. The van der Waals surface area contributed by atoms with E-state index in [2.05, 4.69) is 13.0 Å². The molecule has 2 aromatic carbocycles. The first-order chi connectivity index (χ1) is 12.4. The van der Waals surface area contributed by atoms with Crippen molar-refractivity contribution in [1.29, 1.82) is 0 Å². The fourth-order valence-electron chi connectivity index (χ4n) is 3.32. The van der Waals surface area contributed by atoms with Crippen LogP contribution in [0.2, 0.25) is 0 Å². The van der Waals surface area contributed by atoms with Gasteiger partial charge in [0.05, 0.1) is 5.92 Å². The van der Waals surface area contributed by atoms with E-state index in [1.807, 2.05) is 50.2 Å². The predicted molar refractivity (Wildman–Crippen MR) is 104 cm³/mol. The Labute approximate surface area is 159 Å². The van der Waals surface area contributed by atoms with Crippen molar-refractivity contribution in [3.05, 3.63) is 52.6 Å². The quantitative estimate of drug-likeness (QED) is 0.789. The average Bonchev–Trinajstić information content (AvgIpc) is 2.61. The summed E-state index contributed by atoms with van der Waals surface area (Å²) in [5.74, 6) is 0.460. The van der Waals surface area contributed by atoms with Gasteiger partial charge in [-0.05, 0) is 62.3 Å². The third-order valence-electron chi connectivity index (χ3n) is 4.77. The molecule has 3 rings (SSSR count). The molecular weight excluding hydrogens is 346 g/mol. The summed E-state index contributed by atoms with van der Waals surface area (Å²) in [6.45, 7) is 4.87. The second kappa shape index (κ2) is 7.82. The molecule has 1 N–H and O–H groups in total. The first-order valence-electron chi connectivity index (χ1n) is 8.74. The second-order valence-electron chi connectivity index (χ2n) is 7.02. The average molecular weight is 372 g/mol. The molecule has 0 saturated heterocycles. The van der Waals surface area contributed by atoms with Gasteiger partial charge in [-0.25, -0.2) is 0 Å². The van der Waals surface area contributed by atoms with E-state index in [1.165, 1.54) is 0 Å². The second-order valence-corrected chi connectivity index (χ2v) is 8.08. The zero-order valence-corrected chi connectivity index (χ0v) is 16.5. The molecule has 2 aromatic rings. The molecule has 0 aromatic heterocycles. The lowest BCUT2D eigenvalue weighted by atomic mass is 9.89. The smallest absolute Gasteiger partial charge is 0.131 e. The van der Waals surface area contributed by atoms with Gasteiger partial charge in [-0.15, -0.1) is 0 Å².